The summed E-state index contributed by atoms with van der Waals surface area (Å²) in [7, 11) is 0. The molecule has 0 unspecified atom stereocenters. The van der Waals surface area contributed by atoms with Gasteiger partial charge in [0.15, 0.2) is 5.82 Å². The molecule has 2 N–H and O–H groups in total. The van der Waals surface area contributed by atoms with Gasteiger partial charge in [0.1, 0.15) is 6.04 Å². The fourth-order valence-corrected chi connectivity index (χ4v) is 2.54. The minimum absolute atomic E-state index is 0.414. The Morgan fingerprint density at radius 1 is 1.41 bits per heavy atom. The molecule has 22 heavy (non-hydrogen) atoms. The Bertz CT molecular complexity index is 686. The van der Waals surface area contributed by atoms with Crippen LogP contribution in [0.3, 0.4) is 0 Å². The third kappa shape index (κ3) is 4.08. The van der Waals surface area contributed by atoms with E-state index >= 15 is 0 Å². The van der Waals surface area contributed by atoms with Gasteiger partial charge < -0.3 is 14.9 Å². The number of aryl methyl sites for hydroxylation is 1. The Morgan fingerprint density at radius 2 is 2.14 bits per heavy atom. The van der Waals surface area contributed by atoms with Crippen molar-refractivity contribution in [2.45, 2.75) is 30.5 Å². The number of carboxylic acids is 1. The number of carboxylic acid groups (broad SMARTS) is 1. The first-order valence-corrected chi connectivity index (χ1v) is 7.50. The van der Waals surface area contributed by atoms with Crippen molar-refractivity contribution < 1.29 is 19.2 Å². The van der Waals surface area contributed by atoms with Crippen LogP contribution in [-0.2, 0) is 10.5 Å². The SMILES string of the molecule is Cc1noc(CSc2ccccc2C(=O)N[C@H](C)C(=O)O)n1. The second-order valence-corrected chi connectivity index (χ2v) is 5.57. The van der Waals surface area contributed by atoms with Crippen molar-refractivity contribution in [3.05, 3.63) is 41.5 Å². The van der Waals surface area contributed by atoms with Crippen LogP contribution in [0.1, 0.15) is 29.0 Å². The number of hydrogen-bond donors (Lipinski definition) is 2. The highest BCUT2D eigenvalue weighted by Crippen LogP contribution is 2.25. The number of aromatic nitrogens is 2. The van der Waals surface area contributed by atoms with Gasteiger partial charge in [-0.1, -0.05) is 17.3 Å². The van der Waals surface area contributed by atoms with Crippen LogP contribution in [0, 0.1) is 6.92 Å². The lowest BCUT2D eigenvalue weighted by atomic mass is 10.2. The van der Waals surface area contributed by atoms with E-state index in [0.717, 1.165) is 0 Å². The van der Waals surface area contributed by atoms with Gasteiger partial charge in [0.05, 0.1) is 11.3 Å². The molecule has 2 rings (SSSR count). The van der Waals surface area contributed by atoms with E-state index in [-0.39, 0.29) is 0 Å². The van der Waals surface area contributed by atoms with Crippen molar-refractivity contribution in [1.29, 1.82) is 0 Å². The topological polar surface area (TPSA) is 105 Å². The molecule has 1 heterocycles. The van der Waals surface area contributed by atoms with E-state index in [1.807, 2.05) is 0 Å². The number of aliphatic carboxylic acids is 1. The maximum Gasteiger partial charge on any atom is 0.325 e. The summed E-state index contributed by atoms with van der Waals surface area (Å²) < 4.78 is 5.02. The summed E-state index contributed by atoms with van der Waals surface area (Å²) in [6.07, 6.45) is 0. The molecule has 2 aromatic rings. The summed E-state index contributed by atoms with van der Waals surface area (Å²) in [6, 6.07) is 6.00. The molecule has 116 valence electrons. The van der Waals surface area contributed by atoms with Gasteiger partial charge in [0, 0.05) is 4.90 Å². The summed E-state index contributed by atoms with van der Waals surface area (Å²) in [5, 5.41) is 15.0. The molecule has 1 aromatic heterocycles. The molecule has 8 heteroatoms. The summed E-state index contributed by atoms with van der Waals surface area (Å²) in [4.78, 5) is 27.8. The smallest absolute Gasteiger partial charge is 0.325 e. The normalized spacial score (nSPS) is 11.9. The predicted octanol–water partition coefficient (Wildman–Crippen LogP) is 1.87. The van der Waals surface area contributed by atoms with Crippen molar-refractivity contribution in [3.63, 3.8) is 0 Å². The highest BCUT2D eigenvalue weighted by Gasteiger charge is 2.18. The van der Waals surface area contributed by atoms with Crippen LogP contribution < -0.4 is 5.32 Å². The minimum Gasteiger partial charge on any atom is -0.480 e. The molecule has 7 nitrogen and oxygen atoms in total. The molecule has 0 aliphatic carbocycles. The highest BCUT2D eigenvalue weighted by molar-refractivity contribution is 7.98. The Morgan fingerprint density at radius 3 is 2.77 bits per heavy atom. The van der Waals surface area contributed by atoms with Gasteiger partial charge in [-0.25, -0.2) is 0 Å². The van der Waals surface area contributed by atoms with Crippen molar-refractivity contribution >= 4 is 23.6 Å². The molecule has 0 radical (unpaired) electrons. The molecular formula is C14H15N3O4S. The summed E-state index contributed by atoms with van der Waals surface area (Å²) in [5.74, 6) is -0.0624. The van der Waals surface area contributed by atoms with Crippen LogP contribution in [0.25, 0.3) is 0 Å². The first kappa shape index (κ1) is 16.0. The number of benzene rings is 1. The average Bonchev–Trinajstić information content (AvgIpc) is 2.90. The summed E-state index contributed by atoms with van der Waals surface area (Å²) in [6.45, 7) is 3.14. The lowest BCUT2D eigenvalue weighted by Gasteiger charge is -2.11. The van der Waals surface area contributed by atoms with Crippen LogP contribution in [0.2, 0.25) is 0 Å². The lowest BCUT2D eigenvalue weighted by Crippen LogP contribution is -2.38. The van der Waals surface area contributed by atoms with Crippen molar-refractivity contribution in [2.24, 2.45) is 0 Å². The molecule has 0 saturated carbocycles. The maximum atomic E-state index is 12.2. The fraction of sp³-hybridized carbons (Fsp3) is 0.286. The number of carbonyl (C=O) groups excluding carboxylic acids is 1. The number of carbonyl (C=O) groups is 2. The molecule has 1 aromatic carbocycles. The number of thioether (sulfide) groups is 1. The van der Waals surface area contributed by atoms with E-state index in [9.17, 15) is 9.59 Å². The zero-order valence-corrected chi connectivity index (χ0v) is 12.9. The molecule has 1 amide bonds. The first-order chi connectivity index (χ1) is 10.5. The number of nitrogens with one attached hydrogen (secondary N) is 1. The van der Waals surface area contributed by atoms with Crippen LogP contribution >= 0.6 is 11.8 Å². The van der Waals surface area contributed by atoms with Crippen molar-refractivity contribution in [2.75, 3.05) is 0 Å². The Balaban J connectivity index is 2.09. The van der Waals surface area contributed by atoms with E-state index in [1.165, 1.54) is 18.7 Å². The quantitative estimate of drug-likeness (QED) is 0.782. The van der Waals surface area contributed by atoms with Gasteiger partial charge in [-0.15, -0.1) is 11.8 Å². The fourth-order valence-electron chi connectivity index (χ4n) is 1.65. The maximum absolute atomic E-state index is 12.2. The average molecular weight is 321 g/mol. The van der Waals surface area contributed by atoms with E-state index in [1.54, 1.807) is 31.2 Å². The van der Waals surface area contributed by atoms with Crippen LogP contribution in [0.15, 0.2) is 33.7 Å². The minimum atomic E-state index is -1.08. The molecular weight excluding hydrogens is 306 g/mol. The third-order valence-corrected chi connectivity index (χ3v) is 3.83. The highest BCUT2D eigenvalue weighted by atomic mass is 32.2. The Hall–Kier alpha value is -2.35. The van der Waals surface area contributed by atoms with Crippen molar-refractivity contribution in [1.82, 2.24) is 15.5 Å². The summed E-state index contributed by atoms with van der Waals surface area (Å²) in [5.41, 5.74) is 0.414. The van der Waals surface area contributed by atoms with E-state index in [2.05, 4.69) is 15.5 Å². The first-order valence-electron chi connectivity index (χ1n) is 6.52. The van der Waals surface area contributed by atoms with E-state index in [0.29, 0.717) is 27.9 Å². The Labute approximate surface area is 131 Å². The standard InChI is InChI=1S/C14H15N3O4S/c1-8(14(19)20)15-13(18)10-5-3-4-6-11(10)22-7-12-16-9(2)17-21-12/h3-6,8H,7H2,1-2H3,(H,15,18)(H,19,20)/t8-/m1/s1. The van der Waals surface area contributed by atoms with E-state index in [4.69, 9.17) is 9.63 Å². The largest absolute Gasteiger partial charge is 0.480 e. The molecule has 0 fully saturated rings. The number of hydrogen-bond acceptors (Lipinski definition) is 6. The second kappa shape index (κ2) is 7.08. The lowest BCUT2D eigenvalue weighted by molar-refractivity contribution is -0.138. The van der Waals surface area contributed by atoms with Crippen LogP contribution in [0.5, 0.6) is 0 Å². The number of rotatable bonds is 6. The molecule has 1 atom stereocenters. The zero-order valence-electron chi connectivity index (χ0n) is 12.1. The monoisotopic (exact) mass is 321 g/mol. The van der Waals surface area contributed by atoms with Crippen LogP contribution in [-0.4, -0.2) is 33.2 Å². The number of amides is 1. The predicted molar refractivity (Wildman–Crippen MR) is 79.6 cm³/mol. The summed E-state index contributed by atoms with van der Waals surface area (Å²) >= 11 is 1.37. The van der Waals surface area contributed by atoms with Gasteiger partial charge in [-0.05, 0) is 26.0 Å². The van der Waals surface area contributed by atoms with Gasteiger partial charge in [0.25, 0.3) is 5.91 Å². The van der Waals surface area contributed by atoms with Gasteiger partial charge in [-0.3, -0.25) is 9.59 Å². The number of nitrogens with zero attached hydrogens (tertiary/aromatic N) is 2. The molecule has 0 saturated heterocycles. The van der Waals surface area contributed by atoms with Gasteiger partial charge >= 0.3 is 5.97 Å². The van der Waals surface area contributed by atoms with Crippen molar-refractivity contribution in [3.8, 4) is 0 Å². The Kier molecular flexibility index (Phi) is 5.16. The molecule has 0 spiro atoms. The molecule has 0 aliphatic rings. The van der Waals surface area contributed by atoms with Gasteiger partial charge in [0.2, 0.25) is 5.89 Å². The zero-order chi connectivity index (χ0) is 16.1. The van der Waals surface area contributed by atoms with Gasteiger partial charge in [-0.2, -0.15) is 4.98 Å². The molecule has 0 bridgehead atoms. The molecule has 0 aliphatic heterocycles. The second-order valence-electron chi connectivity index (χ2n) is 4.55. The van der Waals surface area contributed by atoms with Crippen LogP contribution in [0.4, 0.5) is 0 Å². The third-order valence-electron chi connectivity index (χ3n) is 2.77. The van der Waals surface area contributed by atoms with E-state index < -0.39 is 17.9 Å².